The van der Waals surface area contributed by atoms with Gasteiger partial charge in [-0.25, -0.2) is 14.8 Å². The van der Waals surface area contributed by atoms with Gasteiger partial charge < -0.3 is 24.5 Å². The van der Waals surface area contributed by atoms with Gasteiger partial charge >= 0.3 is 12.2 Å². The van der Waals surface area contributed by atoms with Crippen LogP contribution in [0.5, 0.6) is 11.5 Å². The van der Waals surface area contributed by atoms with Crippen LogP contribution in [0.1, 0.15) is 11.1 Å². The molecular weight excluding hydrogens is 495 g/mol. The van der Waals surface area contributed by atoms with Crippen molar-refractivity contribution in [3.05, 3.63) is 58.3 Å². The van der Waals surface area contributed by atoms with E-state index in [1.165, 1.54) is 50.2 Å². The van der Waals surface area contributed by atoms with Crippen LogP contribution in [0.3, 0.4) is 0 Å². The second kappa shape index (κ2) is 9.49. The minimum Gasteiger partial charge on any atom is -0.454 e. The van der Waals surface area contributed by atoms with E-state index in [9.17, 15) is 28.0 Å². The average Bonchev–Trinajstić information content (AvgIpc) is 3.16. The Hall–Kier alpha value is -5.13. The van der Waals surface area contributed by atoms with E-state index >= 15 is 0 Å². The summed E-state index contributed by atoms with van der Waals surface area (Å²) in [6.45, 7) is 0. The number of aromatic nitrogens is 5. The lowest BCUT2D eigenvalue weighted by Crippen LogP contribution is -2.24. The zero-order valence-corrected chi connectivity index (χ0v) is 19.5. The Morgan fingerprint density at radius 3 is 2.65 bits per heavy atom. The maximum absolute atomic E-state index is 13.2. The van der Waals surface area contributed by atoms with Crippen molar-refractivity contribution in [1.29, 1.82) is 5.26 Å². The van der Waals surface area contributed by atoms with Gasteiger partial charge in [0.2, 0.25) is 5.95 Å². The van der Waals surface area contributed by atoms with Gasteiger partial charge in [0.25, 0.3) is 5.56 Å². The SMILES string of the molecule is CNC(=O)Nc1cc(Oc2cnc3nc(Nc4cc(C(F)(F)F)cn(C)c4=O)n(C)c3c2C#N)ccn1. The summed E-state index contributed by atoms with van der Waals surface area (Å²) in [6.07, 6.45) is -1.33. The van der Waals surface area contributed by atoms with Crippen LogP contribution in [-0.2, 0) is 20.3 Å². The highest BCUT2D eigenvalue weighted by Crippen LogP contribution is 2.33. The summed E-state index contributed by atoms with van der Waals surface area (Å²) in [5.41, 5.74) is -1.76. The number of ether oxygens (including phenoxy) is 1. The Morgan fingerprint density at radius 2 is 1.97 bits per heavy atom. The summed E-state index contributed by atoms with van der Waals surface area (Å²) >= 11 is 0. The molecule has 0 fully saturated rings. The summed E-state index contributed by atoms with van der Waals surface area (Å²) in [5, 5.41) is 17.3. The van der Waals surface area contributed by atoms with Crippen LogP contribution >= 0.6 is 0 Å². The molecule has 0 aliphatic heterocycles. The zero-order valence-electron chi connectivity index (χ0n) is 19.5. The first-order valence-electron chi connectivity index (χ1n) is 10.4. The van der Waals surface area contributed by atoms with E-state index in [0.717, 1.165) is 4.57 Å². The number of fused-ring (bicyclic) bond motifs is 1. The fraction of sp³-hybridized carbons (Fsp3) is 0.182. The molecule has 3 N–H and O–H groups in total. The largest absolute Gasteiger partial charge is 0.454 e. The maximum Gasteiger partial charge on any atom is 0.417 e. The Morgan fingerprint density at radius 1 is 1.22 bits per heavy atom. The minimum absolute atomic E-state index is 0.0199. The normalized spacial score (nSPS) is 11.2. The molecule has 0 aromatic carbocycles. The first-order chi connectivity index (χ1) is 17.5. The second-order valence-corrected chi connectivity index (χ2v) is 7.64. The van der Waals surface area contributed by atoms with Crippen LogP contribution in [0.2, 0.25) is 0 Å². The predicted molar refractivity (Wildman–Crippen MR) is 126 cm³/mol. The Labute approximate surface area is 206 Å². The lowest BCUT2D eigenvalue weighted by atomic mass is 10.2. The monoisotopic (exact) mass is 513 g/mol. The standard InChI is InChI=1S/C22H18F3N9O3/c1-27-21(36)31-16-7-12(4-5-28-16)37-15-9-29-18-17(13(15)8-26)34(3)20(32-18)30-14-6-11(22(23,24)25)10-33(2)19(14)35/h4-7,9-10H,1-3H3,(H,29,30,32)(H2,27,28,31,36). The maximum atomic E-state index is 13.2. The van der Waals surface area contributed by atoms with Crippen molar-refractivity contribution in [2.45, 2.75) is 6.18 Å². The van der Waals surface area contributed by atoms with Gasteiger partial charge in [0, 0.05) is 39.6 Å². The number of urea groups is 1. The average molecular weight is 513 g/mol. The van der Waals surface area contributed by atoms with E-state index in [1.54, 1.807) is 0 Å². The highest BCUT2D eigenvalue weighted by molar-refractivity contribution is 5.88. The Balaban J connectivity index is 1.72. The van der Waals surface area contributed by atoms with E-state index in [4.69, 9.17) is 4.74 Å². The minimum atomic E-state index is -4.67. The summed E-state index contributed by atoms with van der Waals surface area (Å²) in [6, 6.07) is 5.14. The lowest BCUT2D eigenvalue weighted by molar-refractivity contribution is -0.138. The smallest absolute Gasteiger partial charge is 0.417 e. The number of nitrogens with zero attached hydrogens (tertiary/aromatic N) is 6. The van der Waals surface area contributed by atoms with Crippen molar-refractivity contribution in [2.24, 2.45) is 14.1 Å². The van der Waals surface area contributed by atoms with Crippen LogP contribution < -0.4 is 26.2 Å². The number of rotatable bonds is 5. The third-order valence-electron chi connectivity index (χ3n) is 5.16. The molecule has 4 aromatic heterocycles. The number of halogens is 3. The van der Waals surface area contributed by atoms with Crippen LogP contribution in [0, 0.1) is 11.3 Å². The van der Waals surface area contributed by atoms with Crippen LogP contribution in [0.25, 0.3) is 11.2 Å². The van der Waals surface area contributed by atoms with Crippen molar-refractivity contribution in [1.82, 2.24) is 29.4 Å². The van der Waals surface area contributed by atoms with Gasteiger partial charge in [-0.2, -0.15) is 23.4 Å². The molecule has 37 heavy (non-hydrogen) atoms. The first-order valence-corrected chi connectivity index (χ1v) is 10.4. The predicted octanol–water partition coefficient (Wildman–Crippen LogP) is 3.24. The van der Waals surface area contributed by atoms with Gasteiger partial charge in [0.1, 0.15) is 34.4 Å². The van der Waals surface area contributed by atoms with E-state index in [-0.39, 0.29) is 45.7 Å². The molecule has 190 valence electrons. The van der Waals surface area contributed by atoms with Gasteiger partial charge in [-0.15, -0.1) is 0 Å². The van der Waals surface area contributed by atoms with Crippen molar-refractivity contribution in [2.75, 3.05) is 17.7 Å². The zero-order chi connectivity index (χ0) is 26.9. The Kier molecular flexibility index (Phi) is 6.41. The topological polar surface area (TPSA) is 152 Å². The third kappa shape index (κ3) is 4.98. The fourth-order valence-electron chi connectivity index (χ4n) is 3.38. The van der Waals surface area contributed by atoms with E-state index < -0.39 is 23.3 Å². The number of amides is 2. The number of imidazole rings is 1. The van der Waals surface area contributed by atoms with Gasteiger partial charge in [0.15, 0.2) is 11.4 Å². The summed E-state index contributed by atoms with van der Waals surface area (Å²) in [4.78, 5) is 36.4. The van der Waals surface area contributed by atoms with E-state index in [0.29, 0.717) is 12.3 Å². The number of nitriles is 1. The van der Waals surface area contributed by atoms with E-state index in [1.807, 2.05) is 6.07 Å². The van der Waals surface area contributed by atoms with Crippen LogP contribution in [-0.4, -0.2) is 37.2 Å². The number of carbonyl (C=O) groups is 1. The highest BCUT2D eigenvalue weighted by atomic mass is 19.4. The molecule has 4 rings (SSSR count). The molecule has 0 atom stereocenters. The van der Waals surface area contributed by atoms with Gasteiger partial charge in [-0.05, 0) is 12.1 Å². The molecule has 15 heteroatoms. The molecule has 0 aliphatic rings. The van der Waals surface area contributed by atoms with Crippen molar-refractivity contribution >= 4 is 34.6 Å². The van der Waals surface area contributed by atoms with Crippen molar-refractivity contribution in [3.8, 4) is 17.6 Å². The quantitative estimate of drug-likeness (QED) is 0.368. The molecule has 0 bridgehead atoms. The molecule has 0 saturated carbocycles. The highest BCUT2D eigenvalue weighted by Gasteiger charge is 2.32. The molecule has 4 aromatic rings. The fourth-order valence-corrected chi connectivity index (χ4v) is 3.38. The van der Waals surface area contributed by atoms with Crippen LogP contribution in [0.15, 0.2) is 41.6 Å². The van der Waals surface area contributed by atoms with Crippen molar-refractivity contribution in [3.63, 3.8) is 0 Å². The molecule has 2 amide bonds. The number of aryl methyl sites for hydroxylation is 2. The Bertz CT molecular complexity index is 1620. The number of hydrogen-bond acceptors (Lipinski definition) is 8. The second-order valence-electron chi connectivity index (χ2n) is 7.64. The molecule has 0 radical (unpaired) electrons. The number of anilines is 3. The molecule has 0 spiro atoms. The summed E-state index contributed by atoms with van der Waals surface area (Å²) < 4.78 is 47.7. The van der Waals surface area contributed by atoms with Gasteiger partial charge in [-0.1, -0.05) is 0 Å². The number of nitrogens with one attached hydrogen (secondary N) is 3. The first kappa shape index (κ1) is 25.0. The number of pyridine rings is 3. The molecule has 12 nitrogen and oxygen atoms in total. The molecule has 0 aliphatic carbocycles. The van der Waals surface area contributed by atoms with Gasteiger partial charge in [0.05, 0.1) is 11.8 Å². The third-order valence-corrected chi connectivity index (χ3v) is 5.16. The lowest BCUT2D eigenvalue weighted by Gasteiger charge is -2.12. The van der Waals surface area contributed by atoms with Gasteiger partial charge in [-0.3, -0.25) is 10.1 Å². The number of carbonyl (C=O) groups excluding carboxylic acids is 1. The molecule has 0 saturated heterocycles. The number of hydrogen-bond donors (Lipinski definition) is 3. The van der Waals surface area contributed by atoms with Crippen LogP contribution in [0.4, 0.5) is 35.4 Å². The molecule has 0 unspecified atom stereocenters. The summed E-state index contributed by atoms with van der Waals surface area (Å²) in [5.74, 6) is 0.469. The summed E-state index contributed by atoms with van der Waals surface area (Å²) in [7, 11) is 4.14. The van der Waals surface area contributed by atoms with E-state index in [2.05, 4.69) is 30.9 Å². The number of alkyl halides is 3. The molecular formula is C22H18F3N9O3. The molecule has 4 heterocycles. The van der Waals surface area contributed by atoms with Crippen molar-refractivity contribution < 1.29 is 22.7 Å².